The third-order valence-corrected chi connectivity index (χ3v) is 11.4. The number of hydrogen-bond donors (Lipinski definition) is 0. The molecule has 0 N–H and O–H groups in total. The summed E-state index contributed by atoms with van der Waals surface area (Å²) in [6, 6.07) is 67.7. The lowest BCUT2D eigenvalue weighted by Gasteiger charge is -2.28. The number of nitrogens with zero attached hydrogens (tertiary/aromatic N) is 1. The van der Waals surface area contributed by atoms with E-state index in [1.165, 1.54) is 48.8 Å². The van der Waals surface area contributed by atoms with Gasteiger partial charge in [0.1, 0.15) is 22.3 Å². The maximum absolute atomic E-state index is 6.33. The van der Waals surface area contributed by atoms with Gasteiger partial charge in [0.25, 0.3) is 0 Å². The molecule has 0 fully saturated rings. The van der Waals surface area contributed by atoms with Gasteiger partial charge >= 0.3 is 0 Å². The van der Waals surface area contributed by atoms with Crippen molar-refractivity contribution in [2.45, 2.75) is 0 Å². The first-order valence-electron chi connectivity index (χ1n) is 18.7. The maximum atomic E-state index is 6.33. The van der Waals surface area contributed by atoms with E-state index in [0.717, 1.165) is 66.3 Å². The lowest BCUT2D eigenvalue weighted by atomic mass is 9.95. The topological polar surface area (TPSA) is 29.5 Å². The molecule has 0 aliphatic rings. The Morgan fingerprint density at radius 3 is 1.67 bits per heavy atom. The molecule has 0 amide bonds. The zero-order chi connectivity index (χ0) is 36.0. The van der Waals surface area contributed by atoms with Crippen molar-refractivity contribution in [3.8, 4) is 11.1 Å². The molecule has 0 atom stereocenters. The Morgan fingerprint density at radius 2 is 0.855 bits per heavy atom. The number of benzene rings is 10. The fourth-order valence-corrected chi connectivity index (χ4v) is 8.76. The van der Waals surface area contributed by atoms with Gasteiger partial charge in [0.05, 0.1) is 5.69 Å². The van der Waals surface area contributed by atoms with Crippen LogP contribution in [0.1, 0.15) is 0 Å². The average Bonchev–Trinajstić information content (AvgIpc) is 3.80. The third kappa shape index (κ3) is 4.63. The highest BCUT2D eigenvalue weighted by molar-refractivity contribution is 6.19. The van der Waals surface area contributed by atoms with Gasteiger partial charge in [-0.2, -0.15) is 0 Å². The van der Waals surface area contributed by atoms with Crippen molar-refractivity contribution in [3.05, 3.63) is 188 Å². The number of fused-ring (bicyclic) bond motifs is 12. The van der Waals surface area contributed by atoms with E-state index in [0.29, 0.717) is 0 Å². The molecule has 0 aliphatic heterocycles. The van der Waals surface area contributed by atoms with Crippen LogP contribution in [0, 0.1) is 0 Å². The summed E-state index contributed by atoms with van der Waals surface area (Å²) in [5.74, 6) is 0. The highest BCUT2D eigenvalue weighted by Crippen LogP contribution is 2.46. The van der Waals surface area contributed by atoms with Gasteiger partial charge in [-0.1, -0.05) is 121 Å². The van der Waals surface area contributed by atoms with Gasteiger partial charge in [0, 0.05) is 38.3 Å². The van der Waals surface area contributed by atoms with Crippen molar-refractivity contribution in [1.29, 1.82) is 0 Å². The summed E-state index contributed by atoms with van der Waals surface area (Å²) in [5.41, 5.74) is 9.20. The van der Waals surface area contributed by atoms with E-state index in [1.54, 1.807) is 0 Å². The maximum Gasteiger partial charge on any atom is 0.136 e. The molecule has 0 aliphatic carbocycles. The van der Waals surface area contributed by atoms with Crippen LogP contribution in [0.25, 0.3) is 98.1 Å². The Bertz CT molecular complexity index is 3500. The molecule has 12 rings (SSSR count). The SMILES string of the molecule is c1ccc(-c2ccc3c(c2)c(N(c2ccc4ccc5cc6oc7ccccc7c6cc5c4c2)c2ccc4oc5ccccc5c4c2)cc2ccccc23)cc1. The van der Waals surface area contributed by atoms with E-state index >= 15 is 0 Å². The van der Waals surface area contributed by atoms with Gasteiger partial charge < -0.3 is 13.7 Å². The Balaban J connectivity index is 1.18. The molecule has 12 aromatic rings. The summed E-state index contributed by atoms with van der Waals surface area (Å²) < 4.78 is 12.6. The number of hydrogen-bond acceptors (Lipinski definition) is 3. The number of rotatable bonds is 4. The minimum absolute atomic E-state index is 0.875. The van der Waals surface area contributed by atoms with E-state index in [-0.39, 0.29) is 0 Å². The second-order valence-corrected chi connectivity index (χ2v) is 14.5. The van der Waals surface area contributed by atoms with Crippen LogP contribution < -0.4 is 4.90 Å². The molecule has 3 nitrogen and oxygen atoms in total. The summed E-state index contributed by atoms with van der Waals surface area (Å²) >= 11 is 0. The van der Waals surface area contributed by atoms with Crippen LogP contribution in [-0.4, -0.2) is 0 Å². The molecule has 55 heavy (non-hydrogen) atoms. The smallest absolute Gasteiger partial charge is 0.136 e. The minimum Gasteiger partial charge on any atom is -0.456 e. The molecule has 2 aromatic heterocycles. The number of furan rings is 2. The van der Waals surface area contributed by atoms with E-state index in [2.05, 4.69) is 169 Å². The van der Waals surface area contributed by atoms with Gasteiger partial charge in [-0.05, 0) is 116 Å². The van der Waals surface area contributed by atoms with E-state index in [1.807, 2.05) is 24.3 Å². The standard InChI is InChI=1S/C52H31NO2/c1-2-10-32(11-3-1)34-21-24-40-39-13-5-4-12-35(39)27-48(45(40)26-34)53(38-23-25-51-46(30-38)41-14-6-8-16-49(41)54-51)37-22-20-33-18-19-36-28-52-47(31-44(36)43(33)29-37)42-15-7-9-17-50(42)55-52/h1-31H. The zero-order valence-corrected chi connectivity index (χ0v) is 29.7. The quantitative estimate of drug-likeness (QED) is 0.171. The van der Waals surface area contributed by atoms with Crippen LogP contribution in [0.4, 0.5) is 17.1 Å². The van der Waals surface area contributed by atoms with Crippen molar-refractivity contribution >= 4 is 104 Å². The Hall–Kier alpha value is -7.36. The van der Waals surface area contributed by atoms with Crippen molar-refractivity contribution in [1.82, 2.24) is 0 Å². The number of para-hydroxylation sites is 2. The first-order valence-corrected chi connectivity index (χ1v) is 18.7. The highest BCUT2D eigenvalue weighted by atomic mass is 16.3. The van der Waals surface area contributed by atoms with Gasteiger partial charge in [-0.15, -0.1) is 0 Å². The first kappa shape index (κ1) is 30.1. The van der Waals surface area contributed by atoms with E-state index in [9.17, 15) is 0 Å². The van der Waals surface area contributed by atoms with Crippen molar-refractivity contribution in [3.63, 3.8) is 0 Å². The normalized spacial score (nSPS) is 12.0. The predicted molar refractivity (Wildman–Crippen MR) is 231 cm³/mol. The molecule has 0 saturated carbocycles. The Morgan fingerprint density at radius 1 is 0.273 bits per heavy atom. The second kappa shape index (κ2) is 11.6. The largest absolute Gasteiger partial charge is 0.456 e. The fourth-order valence-electron chi connectivity index (χ4n) is 8.76. The summed E-state index contributed by atoms with van der Waals surface area (Å²) in [6.45, 7) is 0. The fraction of sp³-hybridized carbons (Fsp3) is 0. The predicted octanol–water partition coefficient (Wildman–Crippen LogP) is 15.2. The molecule has 3 heteroatoms. The molecular formula is C52H31NO2. The molecule has 0 saturated heterocycles. The summed E-state index contributed by atoms with van der Waals surface area (Å²) in [4.78, 5) is 2.44. The van der Waals surface area contributed by atoms with Crippen molar-refractivity contribution < 1.29 is 8.83 Å². The Labute approximate surface area is 315 Å². The van der Waals surface area contributed by atoms with Crippen molar-refractivity contribution in [2.24, 2.45) is 0 Å². The van der Waals surface area contributed by atoms with Crippen LogP contribution in [-0.2, 0) is 0 Å². The second-order valence-electron chi connectivity index (χ2n) is 14.5. The lowest BCUT2D eigenvalue weighted by molar-refractivity contribution is 0.668. The molecule has 10 aromatic carbocycles. The molecule has 0 spiro atoms. The highest BCUT2D eigenvalue weighted by Gasteiger charge is 2.21. The van der Waals surface area contributed by atoms with Crippen LogP contribution in [0.5, 0.6) is 0 Å². The molecule has 0 bridgehead atoms. The van der Waals surface area contributed by atoms with Gasteiger partial charge in [-0.3, -0.25) is 0 Å². The summed E-state index contributed by atoms with van der Waals surface area (Å²) in [7, 11) is 0. The van der Waals surface area contributed by atoms with Crippen LogP contribution in [0.15, 0.2) is 197 Å². The Kier molecular flexibility index (Phi) is 6.34. The van der Waals surface area contributed by atoms with Gasteiger partial charge in [0.15, 0.2) is 0 Å². The molecule has 2 heterocycles. The average molecular weight is 702 g/mol. The zero-order valence-electron chi connectivity index (χ0n) is 29.7. The van der Waals surface area contributed by atoms with Gasteiger partial charge in [-0.25, -0.2) is 0 Å². The molecule has 256 valence electrons. The molecule has 0 unspecified atom stereocenters. The van der Waals surface area contributed by atoms with Crippen LogP contribution in [0.2, 0.25) is 0 Å². The van der Waals surface area contributed by atoms with Crippen molar-refractivity contribution in [2.75, 3.05) is 4.90 Å². The van der Waals surface area contributed by atoms with E-state index < -0.39 is 0 Å². The molecular weight excluding hydrogens is 671 g/mol. The minimum atomic E-state index is 0.875. The number of anilines is 3. The third-order valence-electron chi connectivity index (χ3n) is 11.4. The lowest BCUT2D eigenvalue weighted by Crippen LogP contribution is -2.10. The monoisotopic (exact) mass is 701 g/mol. The van der Waals surface area contributed by atoms with E-state index in [4.69, 9.17) is 8.83 Å². The van der Waals surface area contributed by atoms with Crippen LogP contribution in [0.3, 0.4) is 0 Å². The van der Waals surface area contributed by atoms with Gasteiger partial charge in [0.2, 0.25) is 0 Å². The van der Waals surface area contributed by atoms with Crippen LogP contribution >= 0.6 is 0 Å². The molecule has 0 radical (unpaired) electrons. The first-order chi connectivity index (χ1) is 27.2. The summed E-state index contributed by atoms with van der Waals surface area (Å²) in [6.07, 6.45) is 0. The summed E-state index contributed by atoms with van der Waals surface area (Å²) in [5, 5.41) is 14.0.